The molecule has 3 atom stereocenters. The number of H-pyrrole nitrogens is 1. The lowest BCUT2D eigenvalue weighted by atomic mass is 10.00. The highest BCUT2D eigenvalue weighted by Gasteiger charge is 2.54. The fraction of sp³-hybridized carbons (Fsp3) is 0.600. The Balaban J connectivity index is 2.45. The monoisotopic (exact) mass is 370 g/mol. The van der Waals surface area contributed by atoms with Crippen molar-refractivity contribution < 1.29 is 14.2 Å². The minimum atomic E-state index is -1.98. The molecule has 2 rings (SSSR count). The van der Waals surface area contributed by atoms with Crippen LogP contribution in [0.15, 0.2) is 21.9 Å². The molecular formula is C10H12FIN2O4. The van der Waals surface area contributed by atoms with Gasteiger partial charge in [0, 0.05) is 18.7 Å². The number of hydrogen-bond acceptors (Lipinski definition) is 4. The highest BCUT2D eigenvalue weighted by molar-refractivity contribution is 14.1. The molecule has 100 valence electrons. The summed E-state index contributed by atoms with van der Waals surface area (Å²) in [7, 11) is 0. The van der Waals surface area contributed by atoms with Crippen molar-refractivity contribution in [1.82, 2.24) is 9.55 Å². The molecule has 1 aromatic rings. The maximum Gasteiger partial charge on any atom is 0.330 e. The van der Waals surface area contributed by atoms with Crippen LogP contribution in [0, 0.1) is 0 Å². The van der Waals surface area contributed by atoms with Crippen molar-refractivity contribution >= 4 is 22.6 Å². The second-order valence-corrected chi connectivity index (χ2v) is 5.30. The normalized spacial score (nSPS) is 35.9. The molecule has 8 heteroatoms. The minimum absolute atomic E-state index is 0.0372. The van der Waals surface area contributed by atoms with E-state index >= 15 is 0 Å². The number of hydrogen-bond donors (Lipinski definition) is 2. The Bertz CT molecular complexity index is 569. The lowest BCUT2D eigenvalue weighted by Gasteiger charge is -2.24. The quantitative estimate of drug-likeness (QED) is 0.580. The Labute approximate surface area is 115 Å². The van der Waals surface area contributed by atoms with Crippen molar-refractivity contribution in [3.8, 4) is 0 Å². The summed E-state index contributed by atoms with van der Waals surface area (Å²) in [4.78, 5) is 24.6. The highest BCUT2D eigenvalue weighted by atomic mass is 127. The van der Waals surface area contributed by atoms with Crippen molar-refractivity contribution in [2.24, 2.45) is 0 Å². The molecule has 1 fully saturated rings. The van der Waals surface area contributed by atoms with E-state index in [4.69, 9.17) is 4.74 Å². The zero-order valence-corrected chi connectivity index (χ0v) is 11.7. The number of nitrogens with zero attached hydrogens (tertiary/aromatic N) is 1. The third kappa shape index (κ3) is 2.36. The number of rotatable bonds is 2. The van der Waals surface area contributed by atoms with Crippen molar-refractivity contribution in [3.05, 3.63) is 33.1 Å². The maximum absolute atomic E-state index is 14.1. The zero-order valence-electron chi connectivity index (χ0n) is 9.52. The van der Waals surface area contributed by atoms with E-state index in [0.29, 0.717) is 0 Å². The number of aromatic nitrogens is 2. The summed E-state index contributed by atoms with van der Waals surface area (Å²) < 4.78 is 20.3. The van der Waals surface area contributed by atoms with E-state index < -0.39 is 28.9 Å². The summed E-state index contributed by atoms with van der Waals surface area (Å²) in [5.74, 6) is -1.98. The fourth-order valence-electron chi connectivity index (χ4n) is 2.04. The van der Waals surface area contributed by atoms with Gasteiger partial charge in [0.2, 0.25) is 5.85 Å². The van der Waals surface area contributed by atoms with Crippen LogP contribution in [-0.2, 0) is 4.74 Å². The van der Waals surface area contributed by atoms with Crippen LogP contribution >= 0.6 is 22.6 Å². The van der Waals surface area contributed by atoms with E-state index in [9.17, 15) is 19.1 Å². The van der Waals surface area contributed by atoms with Crippen LogP contribution in [0.1, 0.15) is 19.6 Å². The van der Waals surface area contributed by atoms with Crippen LogP contribution in [0.3, 0.4) is 0 Å². The molecule has 0 bridgehead atoms. The first kappa shape index (κ1) is 13.7. The Morgan fingerprint density at radius 1 is 1.72 bits per heavy atom. The van der Waals surface area contributed by atoms with E-state index in [1.807, 2.05) is 27.6 Å². The summed E-state index contributed by atoms with van der Waals surface area (Å²) in [5.41, 5.74) is -2.83. The number of aromatic amines is 1. The third-order valence-corrected chi connectivity index (χ3v) is 3.92. The molecule has 2 heterocycles. The molecule has 0 spiro atoms. The van der Waals surface area contributed by atoms with E-state index in [1.165, 1.54) is 13.1 Å². The number of nitrogens with one attached hydrogen (secondary N) is 1. The minimum Gasteiger partial charge on any atom is -0.385 e. The van der Waals surface area contributed by atoms with Gasteiger partial charge in [-0.05, 0) is 6.92 Å². The van der Waals surface area contributed by atoms with Gasteiger partial charge in [-0.1, -0.05) is 22.6 Å². The average molecular weight is 370 g/mol. The molecule has 0 unspecified atom stereocenters. The van der Waals surface area contributed by atoms with Crippen molar-refractivity contribution in [2.45, 2.75) is 31.0 Å². The lowest BCUT2D eigenvalue weighted by Crippen LogP contribution is -2.40. The summed E-state index contributed by atoms with van der Waals surface area (Å²) in [6, 6.07) is 1.11. The largest absolute Gasteiger partial charge is 0.385 e. The average Bonchev–Trinajstić information content (AvgIpc) is 2.50. The topological polar surface area (TPSA) is 84.3 Å². The third-order valence-electron chi connectivity index (χ3n) is 2.78. The van der Waals surface area contributed by atoms with Crippen LogP contribution in [0.5, 0.6) is 0 Å². The van der Waals surface area contributed by atoms with E-state index in [-0.39, 0.29) is 10.8 Å². The highest BCUT2D eigenvalue weighted by Crippen LogP contribution is 2.44. The number of halogens is 2. The molecule has 0 amide bonds. The summed E-state index contributed by atoms with van der Waals surface area (Å²) >= 11 is 1.81. The van der Waals surface area contributed by atoms with E-state index in [2.05, 4.69) is 0 Å². The van der Waals surface area contributed by atoms with Gasteiger partial charge in [0.25, 0.3) is 5.56 Å². The SMILES string of the molecule is C[C@@]1(O)C[C@@](F)(CI)O[C@H]1n1ccc(=O)[nH]c1=O. The molecule has 1 aliphatic rings. The molecule has 18 heavy (non-hydrogen) atoms. The molecule has 0 aromatic carbocycles. The molecule has 0 aliphatic carbocycles. The van der Waals surface area contributed by atoms with Gasteiger partial charge in [0.15, 0.2) is 6.23 Å². The van der Waals surface area contributed by atoms with E-state index in [0.717, 1.165) is 10.6 Å². The van der Waals surface area contributed by atoms with Crippen LogP contribution in [-0.4, -0.2) is 30.5 Å². The second kappa shape index (κ2) is 4.42. The second-order valence-electron chi connectivity index (χ2n) is 4.54. The number of aliphatic hydroxyl groups is 1. The Morgan fingerprint density at radius 2 is 2.39 bits per heavy atom. The molecule has 2 N–H and O–H groups in total. The standard InChI is InChI=1S/C10H12FIN2O4/c1-9(17)4-10(11,5-12)18-7(9)14-3-2-6(15)13-8(14)16/h2-3,7,17H,4-5H2,1H3,(H,13,15,16)/t7-,9-,10+/m1/s1. The number of alkyl halides is 2. The van der Waals surface area contributed by atoms with Gasteiger partial charge in [0.05, 0.1) is 4.43 Å². The van der Waals surface area contributed by atoms with E-state index in [1.54, 1.807) is 0 Å². The van der Waals surface area contributed by atoms with Gasteiger partial charge in [-0.15, -0.1) is 0 Å². The molecule has 1 aromatic heterocycles. The molecule has 0 radical (unpaired) electrons. The predicted molar refractivity (Wildman–Crippen MR) is 69.4 cm³/mol. The van der Waals surface area contributed by atoms with Gasteiger partial charge >= 0.3 is 5.69 Å². The first-order valence-electron chi connectivity index (χ1n) is 5.24. The van der Waals surface area contributed by atoms with Crippen molar-refractivity contribution in [1.29, 1.82) is 0 Å². The van der Waals surface area contributed by atoms with Crippen LogP contribution in [0.25, 0.3) is 0 Å². The Morgan fingerprint density at radius 3 is 2.89 bits per heavy atom. The molecule has 0 saturated carbocycles. The molecular weight excluding hydrogens is 358 g/mol. The first-order valence-corrected chi connectivity index (χ1v) is 6.76. The van der Waals surface area contributed by atoms with Crippen molar-refractivity contribution in [3.63, 3.8) is 0 Å². The fourth-order valence-corrected chi connectivity index (χ4v) is 2.49. The van der Waals surface area contributed by atoms with Crippen molar-refractivity contribution in [2.75, 3.05) is 4.43 Å². The predicted octanol–water partition coefficient (Wildman–Crippen LogP) is 0.307. The lowest BCUT2D eigenvalue weighted by molar-refractivity contribution is -0.154. The van der Waals surface area contributed by atoms with Gasteiger partial charge < -0.3 is 9.84 Å². The molecule has 1 aliphatic heterocycles. The first-order chi connectivity index (χ1) is 8.27. The summed E-state index contributed by atoms with van der Waals surface area (Å²) in [5, 5.41) is 10.1. The Kier molecular flexibility index (Phi) is 3.36. The smallest absolute Gasteiger partial charge is 0.330 e. The zero-order chi connectivity index (χ0) is 13.6. The van der Waals surface area contributed by atoms with Gasteiger partial charge in [-0.25, -0.2) is 9.18 Å². The summed E-state index contributed by atoms with van der Waals surface area (Å²) in [6.07, 6.45) is -0.222. The Hall–Kier alpha value is -0.740. The molecule has 6 nitrogen and oxygen atoms in total. The van der Waals surface area contributed by atoms with Gasteiger partial charge in [0.1, 0.15) is 5.60 Å². The van der Waals surface area contributed by atoms with Crippen LogP contribution in [0.2, 0.25) is 0 Å². The summed E-state index contributed by atoms with van der Waals surface area (Å²) in [6.45, 7) is 1.39. The van der Waals surface area contributed by atoms with Crippen LogP contribution < -0.4 is 11.2 Å². The number of ether oxygens (including phenoxy) is 1. The van der Waals surface area contributed by atoms with Crippen LogP contribution in [0.4, 0.5) is 4.39 Å². The van der Waals surface area contributed by atoms with Gasteiger partial charge in [-0.2, -0.15) is 0 Å². The van der Waals surface area contributed by atoms with Gasteiger partial charge in [-0.3, -0.25) is 14.3 Å². The molecule has 1 saturated heterocycles. The maximum atomic E-state index is 14.1.